The Kier molecular flexibility index (Phi) is 38.0. The maximum atomic E-state index is 12.7. The van der Waals surface area contributed by atoms with E-state index in [-0.39, 0.29) is 36.2 Å². The van der Waals surface area contributed by atoms with Crippen LogP contribution in [0.15, 0.2) is 0 Å². The van der Waals surface area contributed by atoms with Crippen LogP contribution < -0.4 is 0 Å². The van der Waals surface area contributed by atoms with Gasteiger partial charge in [0.15, 0.2) is 12.1 Å². The lowest BCUT2D eigenvalue weighted by atomic mass is 10.0. The zero-order chi connectivity index (χ0) is 40.7. The summed E-state index contributed by atoms with van der Waals surface area (Å²) in [4.78, 5) is 37.0. The molecular formula is C47H92NO7+. The number of carboxylic acid groups (broad SMARTS) is 1. The third-order valence-corrected chi connectivity index (χ3v) is 11.0. The Morgan fingerprint density at radius 2 is 0.800 bits per heavy atom. The van der Waals surface area contributed by atoms with Crippen LogP contribution in [0.1, 0.15) is 232 Å². The van der Waals surface area contributed by atoms with Gasteiger partial charge in [0, 0.05) is 19.3 Å². The molecule has 0 saturated carbocycles. The molecule has 0 heterocycles. The molecule has 2 unspecified atom stereocenters. The largest absolute Gasteiger partial charge is 0.477 e. The quantitative estimate of drug-likeness (QED) is 0.0373. The average molecular weight is 783 g/mol. The summed E-state index contributed by atoms with van der Waals surface area (Å²) in [5.74, 6) is -1.44. The van der Waals surface area contributed by atoms with Gasteiger partial charge in [-0.05, 0) is 12.8 Å². The molecular weight excluding hydrogens is 691 g/mol. The zero-order valence-electron chi connectivity index (χ0n) is 37.2. The Bertz CT molecular complexity index is 874. The Morgan fingerprint density at radius 1 is 0.473 bits per heavy atom. The van der Waals surface area contributed by atoms with E-state index >= 15 is 0 Å². The standard InChI is InChI=1S/C47H91NO7/c1-6-8-10-12-14-16-18-20-22-24-25-27-29-31-33-35-37-45(49)54-42-43(41-53-40-39-44(47(51)52)48(3,4)5)55-46(50)38-36-34-32-30-28-26-23-21-19-17-15-13-11-9-7-2/h43-44H,6-42H2,1-5H3/p+1. The molecule has 326 valence electrons. The van der Waals surface area contributed by atoms with Gasteiger partial charge in [0.1, 0.15) is 6.61 Å². The number of unbranched alkanes of at least 4 members (excludes halogenated alkanes) is 29. The number of hydrogen-bond acceptors (Lipinski definition) is 6. The van der Waals surface area contributed by atoms with Crippen molar-refractivity contribution in [3.63, 3.8) is 0 Å². The maximum absolute atomic E-state index is 12.7. The van der Waals surface area contributed by atoms with Gasteiger partial charge in [-0.3, -0.25) is 9.59 Å². The van der Waals surface area contributed by atoms with Crippen molar-refractivity contribution in [2.45, 2.75) is 244 Å². The van der Waals surface area contributed by atoms with Crippen molar-refractivity contribution in [2.24, 2.45) is 0 Å². The normalized spacial score (nSPS) is 12.8. The number of quaternary nitrogens is 1. The molecule has 8 nitrogen and oxygen atoms in total. The number of likely N-dealkylation sites (N-methyl/N-ethyl adjacent to an activating group) is 1. The summed E-state index contributed by atoms with van der Waals surface area (Å²) in [5.41, 5.74) is 0. The van der Waals surface area contributed by atoms with E-state index in [4.69, 9.17) is 14.2 Å². The van der Waals surface area contributed by atoms with Crippen LogP contribution in [0.25, 0.3) is 0 Å². The van der Waals surface area contributed by atoms with Crippen LogP contribution in [-0.4, -0.2) is 80.6 Å². The van der Waals surface area contributed by atoms with Crippen molar-refractivity contribution in [1.29, 1.82) is 0 Å². The lowest BCUT2D eigenvalue weighted by molar-refractivity contribution is -0.887. The fourth-order valence-electron chi connectivity index (χ4n) is 7.33. The highest BCUT2D eigenvalue weighted by Crippen LogP contribution is 2.16. The van der Waals surface area contributed by atoms with Gasteiger partial charge in [0.05, 0.1) is 34.4 Å². The van der Waals surface area contributed by atoms with Crippen LogP contribution in [0, 0.1) is 0 Å². The molecule has 0 spiro atoms. The lowest BCUT2D eigenvalue weighted by Gasteiger charge is -2.31. The molecule has 0 aromatic heterocycles. The van der Waals surface area contributed by atoms with Crippen LogP contribution in [0.5, 0.6) is 0 Å². The molecule has 0 fully saturated rings. The summed E-state index contributed by atoms with van der Waals surface area (Å²) in [6, 6.07) is -0.608. The molecule has 0 aliphatic heterocycles. The van der Waals surface area contributed by atoms with E-state index in [9.17, 15) is 19.5 Å². The molecule has 0 rings (SSSR count). The van der Waals surface area contributed by atoms with E-state index in [2.05, 4.69) is 13.8 Å². The smallest absolute Gasteiger partial charge is 0.362 e. The van der Waals surface area contributed by atoms with Crippen LogP contribution in [-0.2, 0) is 28.6 Å². The second-order valence-electron chi connectivity index (χ2n) is 17.4. The maximum Gasteiger partial charge on any atom is 0.362 e. The first kappa shape index (κ1) is 53.3. The Labute approximate surface area is 340 Å². The number of ether oxygens (including phenoxy) is 3. The van der Waals surface area contributed by atoms with Gasteiger partial charge in [-0.1, -0.05) is 200 Å². The van der Waals surface area contributed by atoms with E-state index in [1.807, 2.05) is 21.1 Å². The number of aliphatic carboxylic acids is 1. The van der Waals surface area contributed by atoms with Crippen molar-refractivity contribution in [2.75, 3.05) is 41.0 Å². The van der Waals surface area contributed by atoms with E-state index in [1.165, 1.54) is 161 Å². The topological polar surface area (TPSA) is 99.1 Å². The SMILES string of the molecule is CCCCCCCCCCCCCCCCCCC(=O)OCC(COCCC(C(=O)O)[N+](C)(C)C)OC(=O)CCCCCCCCCCCCCCCCC. The summed E-state index contributed by atoms with van der Waals surface area (Å²) >= 11 is 0. The Morgan fingerprint density at radius 3 is 1.13 bits per heavy atom. The third-order valence-electron chi connectivity index (χ3n) is 11.0. The highest BCUT2D eigenvalue weighted by molar-refractivity contribution is 5.72. The number of hydrogen-bond donors (Lipinski definition) is 1. The van der Waals surface area contributed by atoms with Crippen molar-refractivity contribution >= 4 is 17.9 Å². The summed E-state index contributed by atoms with van der Waals surface area (Å²) < 4.78 is 17.3. The number of carbonyl (C=O) groups excluding carboxylic acids is 2. The second kappa shape index (κ2) is 39.2. The second-order valence-corrected chi connectivity index (χ2v) is 17.4. The third kappa shape index (κ3) is 37.7. The fourth-order valence-corrected chi connectivity index (χ4v) is 7.33. The predicted octanol–water partition coefficient (Wildman–Crippen LogP) is 12.9. The van der Waals surface area contributed by atoms with Crippen LogP contribution in [0.3, 0.4) is 0 Å². The Hall–Kier alpha value is -1.67. The van der Waals surface area contributed by atoms with Gasteiger partial charge in [-0.25, -0.2) is 4.79 Å². The number of rotatable bonds is 43. The van der Waals surface area contributed by atoms with Gasteiger partial charge in [0.2, 0.25) is 0 Å². The van der Waals surface area contributed by atoms with Crippen LogP contribution in [0.2, 0.25) is 0 Å². The molecule has 0 aliphatic rings. The number of carboxylic acids is 1. The van der Waals surface area contributed by atoms with Crippen molar-refractivity contribution in [3.05, 3.63) is 0 Å². The highest BCUT2D eigenvalue weighted by Gasteiger charge is 2.31. The molecule has 0 radical (unpaired) electrons. The first-order valence-corrected chi connectivity index (χ1v) is 23.6. The van der Waals surface area contributed by atoms with E-state index in [1.54, 1.807) is 0 Å². The van der Waals surface area contributed by atoms with Gasteiger partial charge in [0.25, 0.3) is 0 Å². The molecule has 0 saturated heterocycles. The summed E-state index contributed by atoms with van der Waals surface area (Å²) in [6.45, 7) is 4.78. The first-order valence-electron chi connectivity index (χ1n) is 23.6. The first-order chi connectivity index (χ1) is 26.6. The minimum atomic E-state index is -0.870. The molecule has 0 aromatic rings. The minimum Gasteiger partial charge on any atom is -0.477 e. The van der Waals surface area contributed by atoms with E-state index in [0.717, 1.165) is 38.5 Å². The molecule has 2 atom stereocenters. The molecule has 1 N–H and O–H groups in total. The average Bonchev–Trinajstić information content (AvgIpc) is 3.14. The molecule has 0 amide bonds. The number of esters is 2. The molecule has 0 bridgehead atoms. The van der Waals surface area contributed by atoms with Crippen molar-refractivity contribution in [1.82, 2.24) is 0 Å². The van der Waals surface area contributed by atoms with E-state index in [0.29, 0.717) is 19.3 Å². The lowest BCUT2D eigenvalue weighted by Crippen LogP contribution is -2.50. The minimum absolute atomic E-state index is 0.0417. The van der Waals surface area contributed by atoms with E-state index < -0.39 is 18.1 Å². The molecule has 0 aliphatic carbocycles. The number of carbonyl (C=O) groups is 3. The zero-order valence-corrected chi connectivity index (χ0v) is 37.2. The van der Waals surface area contributed by atoms with Gasteiger partial charge >= 0.3 is 17.9 Å². The van der Waals surface area contributed by atoms with Crippen molar-refractivity contribution < 1.29 is 38.2 Å². The van der Waals surface area contributed by atoms with Crippen LogP contribution >= 0.6 is 0 Å². The van der Waals surface area contributed by atoms with Gasteiger partial charge < -0.3 is 23.8 Å². The van der Waals surface area contributed by atoms with Gasteiger partial charge in [-0.15, -0.1) is 0 Å². The van der Waals surface area contributed by atoms with Crippen molar-refractivity contribution in [3.8, 4) is 0 Å². The monoisotopic (exact) mass is 783 g/mol. The summed E-state index contributed by atoms with van der Waals surface area (Å²) in [5, 5.41) is 9.62. The molecule has 8 heteroatoms. The highest BCUT2D eigenvalue weighted by atomic mass is 16.6. The molecule has 55 heavy (non-hydrogen) atoms. The predicted molar refractivity (Wildman–Crippen MR) is 229 cm³/mol. The molecule has 0 aromatic carbocycles. The summed E-state index contributed by atoms with van der Waals surface area (Å²) in [7, 11) is 5.54. The Balaban J connectivity index is 4.25. The number of nitrogens with zero attached hydrogens (tertiary/aromatic N) is 1. The van der Waals surface area contributed by atoms with Gasteiger partial charge in [-0.2, -0.15) is 0 Å². The fraction of sp³-hybridized carbons (Fsp3) is 0.936. The van der Waals surface area contributed by atoms with Crippen LogP contribution in [0.4, 0.5) is 0 Å². The summed E-state index contributed by atoms with van der Waals surface area (Å²) in [6.07, 6.45) is 39.9.